The van der Waals surface area contributed by atoms with E-state index in [2.05, 4.69) is 10.6 Å². The van der Waals surface area contributed by atoms with Crippen molar-refractivity contribution in [3.05, 3.63) is 0 Å². The molecule has 0 saturated carbocycles. The van der Waals surface area contributed by atoms with E-state index in [1.165, 1.54) is 0 Å². The van der Waals surface area contributed by atoms with Gasteiger partial charge in [0, 0.05) is 19.6 Å². The maximum absolute atomic E-state index is 11.9. The van der Waals surface area contributed by atoms with Crippen LogP contribution in [0.4, 0.5) is 0 Å². The zero-order valence-corrected chi connectivity index (χ0v) is 10.9. The fraction of sp³-hybridized carbons (Fsp3) is 0.750. The Hall–Kier alpha value is -1.47. The number of hydrogen-bond acceptors (Lipinski definition) is 5. The number of likely N-dealkylation sites (tertiary alicyclic amines) is 1. The van der Waals surface area contributed by atoms with Gasteiger partial charge in [0.15, 0.2) is 0 Å². The van der Waals surface area contributed by atoms with E-state index in [-0.39, 0.29) is 30.1 Å². The topological polar surface area (TPSA) is 105 Å². The summed E-state index contributed by atoms with van der Waals surface area (Å²) in [5, 5.41) is 5.08. The second-order valence-electron chi connectivity index (χ2n) is 5.05. The Labute approximate surface area is 111 Å². The number of amides is 3. The predicted molar refractivity (Wildman–Crippen MR) is 67.9 cm³/mol. The van der Waals surface area contributed by atoms with Crippen molar-refractivity contribution < 1.29 is 14.4 Å². The van der Waals surface area contributed by atoms with Crippen LogP contribution in [0.25, 0.3) is 0 Å². The molecule has 106 valence electrons. The molecule has 7 heteroatoms. The minimum absolute atomic E-state index is 0.0140. The van der Waals surface area contributed by atoms with Crippen LogP contribution >= 0.6 is 0 Å². The number of imide groups is 1. The van der Waals surface area contributed by atoms with Crippen molar-refractivity contribution in [2.75, 3.05) is 26.2 Å². The molecule has 2 aliphatic heterocycles. The summed E-state index contributed by atoms with van der Waals surface area (Å²) < 4.78 is 0. The molecular weight excluding hydrogens is 248 g/mol. The van der Waals surface area contributed by atoms with Crippen LogP contribution in [-0.2, 0) is 14.4 Å². The van der Waals surface area contributed by atoms with Gasteiger partial charge in [-0.1, -0.05) is 0 Å². The Morgan fingerprint density at radius 1 is 1.47 bits per heavy atom. The highest BCUT2D eigenvalue weighted by atomic mass is 16.2. The average molecular weight is 268 g/mol. The molecule has 2 aliphatic rings. The quantitative estimate of drug-likeness (QED) is 0.521. The third-order valence-electron chi connectivity index (χ3n) is 3.65. The lowest BCUT2D eigenvalue weighted by Crippen LogP contribution is -2.49. The van der Waals surface area contributed by atoms with E-state index in [1.54, 1.807) is 0 Å². The monoisotopic (exact) mass is 268 g/mol. The van der Waals surface area contributed by atoms with Crippen molar-refractivity contribution in [2.24, 2.45) is 11.7 Å². The van der Waals surface area contributed by atoms with Crippen LogP contribution in [0.5, 0.6) is 0 Å². The number of carbonyl (C=O) groups excluding carboxylic acids is 3. The molecule has 2 atom stereocenters. The molecule has 7 nitrogen and oxygen atoms in total. The summed E-state index contributed by atoms with van der Waals surface area (Å²) in [7, 11) is 0. The van der Waals surface area contributed by atoms with Crippen LogP contribution in [0.3, 0.4) is 0 Å². The van der Waals surface area contributed by atoms with Gasteiger partial charge in [-0.25, -0.2) is 0 Å². The summed E-state index contributed by atoms with van der Waals surface area (Å²) >= 11 is 0. The molecule has 2 unspecified atom stereocenters. The van der Waals surface area contributed by atoms with Gasteiger partial charge in [0.2, 0.25) is 17.7 Å². The summed E-state index contributed by atoms with van der Waals surface area (Å²) in [4.78, 5) is 36.7. The zero-order chi connectivity index (χ0) is 13.8. The SMILES string of the molecule is NCCNC(=O)C1CCCN(C2CC(=O)NC2=O)C1. The van der Waals surface area contributed by atoms with Crippen LogP contribution in [0.15, 0.2) is 0 Å². The Bertz CT molecular complexity index is 385. The standard InChI is InChI=1S/C12H20N4O3/c13-3-4-14-11(18)8-2-1-5-16(7-8)9-6-10(17)15-12(9)19/h8-9H,1-7,13H2,(H,14,18)(H,15,17,19). The van der Waals surface area contributed by atoms with E-state index in [1.807, 2.05) is 4.90 Å². The first-order valence-electron chi connectivity index (χ1n) is 6.67. The van der Waals surface area contributed by atoms with Crippen LogP contribution in [0, 0.1) is 5.92 Å². The maximum Gasteiger partial charge on any atom is 0.244 e. The molecule has 0 aromatic rings. The first-order chi connectivity index (χ1) is 9.11. The Balaban J connectivity index is 1.91. The Morgan fingerprint density at radius 2 is 2.26 bits per heavy atom. The molecule has 0 spiro atoms. The van der Waals surface area contributed by atoms with Crippen molar-refractivity contribution in [1.82, 2.24) is 15.5 Å². The van der Waals surface area contributed by atoms with Gasteiger partial charge >= 0.3 is 0 Å². The highest BCUT2D eigenvalue weighted by Gasteiger charge is 2.38. The number of hydrogen-bond donors (Lipinski definition) is 3. The van der Waals surface area contributed by atoms with Crippen molar-refractivity contribution >= 4 is 17.7 Å². The molecular formula is C12H20N4O3. The zero-order valence-electron chi connectivity index (χ0n) is 10.9. The molecule has 2 saturated heterocycles. The normalized spacial score (nSPS) is 28.3. The lowest BCUT2D eigenvalue weighted by molar-refractivity contribution is -0.130. The number of rotatable bonds is 4. The predicted octanol–water partition coefficient (Wildman–Crippen LogP) is -1.81. The summed E-state index contributed by atoms with van der Waals surface area (Å²) in [6, 6.07) is -0.405. The molecule has 0 aromatic heterocycles. The van der Waals surface area contributed by atoms with Gasteiger partial charge in [-0.15, -0.1) is 0 Å². The average Bonchev–Trinajstić information content (AvgIpc) is 2.75. The molecule has 0 bridgehead atoms. The lowest BCUT2D eigenvalue weighted by atomic mass is 9.95. The molecule has 3 amide bonds. The largest absolute Gasteiger partial charge is 0.355 e. The Morgan fingerprint density at radius 3 is 2.89 bits per heavy atom. The molecule has 19 heavy (non-hydrogen) atoms. The molecule has 0 radical (unpaired) electrons. The van der Waals surface area contributed by atoms with Crippen LogP contribution in [0.1, 0.15) is 19.3 Å². The fourth-order valence-electron chi connectivity index (χ4n) is 2.68. The molecule has 2 heterocycles. The Kier molecular flexibility index (Phi) is 4.49. The van der Waals surface area contributed by atoms with E-state index in [4.69, 9.17) is 5.73 Å². The van der Waals surface area contributed by atoms with E-state index < -0.39 is 6.04 Å². The first-order valence-corrected chi connectivity index (χ1v) is 6.67. The number of carbonyl (C=O) groups is 3. The van der Waals surface area contributed by atoms with Gasteiger partial charge in [-0.3, -0.25) is 24.6 Å². The number of nitrogens with zero attached hydrogens (tertiary/aromatic N) is 1. The minimum atomic E-state index is -0.405. The lowest BCUT2D eigenvalue weighted by Gasteiger charge is -2.34. The fourth-order valence-corrected chi connectivity index (χ4v) is 2.68. The number of nitrogens with two attached hydrogens (primary N) is 1. The molecule has 4 N–H and O–H groups in total. The number of piperidine rings is 1. The van der Waals surface area contributed by atoms with Gasteiger partial charge < -0.3 is 11.1 Å². The van der Waals surface area contributed by atoms with Gasteiger partial charge in [-0.05, 0) is 19.4 Å². The third-order valence-corrected chi connectivity index (χ3v) is 3.65. The molecule has 0 aliphatic carbocycles. The van der Waals surface area contributed by atoms with Crippen molar-refractivity contribution in [1.29, 1.82) is 0 Å². The third kappa shape index (κ3) is 3.30. The van der Waals surface area contributed by atoms with Gasteiger partial charge in [0.25, 0.3) is 0 Å². The van der Waals surface area contributed by atoms with E-state index in [0.717, 1.165) is 19.4 Å². The van der Waals surface area contributed by atoms with E-state index in [0.29, 0.717) is 19.6 Å². The van der Waals surface area contributed by atoms with Crippen LogP contribution < -0.4 is 16.4 Å². The highest BCUT2D eigenvalue weighted by molar-refractivity contribution is 6.05. The van der Waals surface area contributed by atoms with Crippen molar-refractivity contribution in [3.63, 3.8) is 0 Å². The summed E-state index contributed by atoms with van der Waals surface area (Å²) in [5.41, 5.74) is 5.35. The van der Waals surface area contributed by atoms with Gasteiger partial charge in [0.05, 0.1) is 18.4 Å². The minimum Gasteiger partial charge on any atom is -0.355 e. The van der Waals surface area contributed by atoms with Crippen molar-refractivity contribution in [3.8, 4) is 0 Å². The van der Waals surface area contributed by atoms with E-state index in [9.17, 15) is 14.4 Å². The first kappa shape index (κ1) is 14.0. The van der Waals surface area contributed by atoms with E-state index >= 15 is 0 Å². The van der Waals surface area contributed by atoms with Crippen LogP contribution in [-0.4, -0.2) is 54.8 Å². The van der Waals surface area contributed by atoms with Gasteiger partial charge in [0.1, 0.15) is 0 Å². The molecule has 2 fully saturated rings. The number of nitrogens with one attached hydrogen (secondary N) is 2. The van der Waals surface area contributed by atoms with Crippen LogP contribution in [0.2, 0.25) is 0 Å². The maximum atomic E-state index is 11.9. The summed E-state index contributed by atoms with van der Waals surface area (Å²) in [5.74, 6) is -0.610. The summed E-state index contributed by atoms with van der Waals surface area (Å²) in [6.07, 6.45) is 1.88. The second kappa shape index (κ2) is 6.12. The van der Waals surface area contributed by atoms with Gasteiger partial charge in [-0.2, -0.15) is 0 Å². The second-order valence-corrected chi connectivity index (χ2v) is 5.05. The summed E-state index contributed by atoms with van der Waals surface area (Å²) in [6.45, 7) is 2.17. The highest BCUT2D eigenvalue weighted by Crippen LogP contribution is 2.21. The molecule has 0 aromatic carbocycles. The van der Waals surface area contributed by atoms with Crippen molar-refractivity contribution in [2.45, 2.75) is 25.3 Å². The smallest absolute Gasteiger partial charge is 0.244 e. The molecule has 2 rings (SSSR count).